The van der Waals surface area contributed by atoms with E-state index in [1.807, 2.05) is 0 Å². The lowest BCUT2D eigenvalue weighted by Gasteiger charge is -2.27. The Hall–Kier alpha value is -1.43. The lowest BCUT2D eigenvalue weighted by Crippen LogP contribution is -2.41. The third kappa shape index (κ3) is 1.99. The minimum Gasteiger partial charge on any atom is -0.467 e. The van der Waals surface area contributed by atoms with Crippen LogP contribution in [0.5, 0.6) is 0 Å². The first-order valence-corrected chi connectivity index (χ1v) is 4.52. The fourth-order valence-corrected chi connectivity index (χ4v) is 1.42. The molecular weight excluding hydrogens is 198 g/mol. The maximum atomic E-state index is 11.2. The van der Waals surface area contributed by atoms with Crippen LogP contribution in [0.2, 0.25) is 0 Å². The van der Waals surface area contributed by atoms with Crippen molar-refractivity contribution >= 4 is 5.97 Å². The molecule has 0 saturated heterocycles. The highest BCUT2D eigenvalue weighted by atomic mass is 16.5. The van der Waals surface area contributed by atoms with Crippen molar-refractivity contribution in [1.82, 2.24) is 15.0 Å². The first-order chi connectivity index (χ1) is 6.91. The lowest BCUT2D eigenvalue weighted by molar-refractivity contribution is -0.154. The van der Waals surface area contributed by atoms with E-state index in [0.29, 0.717) is 5.69 Å². The molecule has 1 aromatic heterocycles. The Labute approximate surface area is 87.9 Å². The minimum atomic E-state index is -1.24. The molecule has 0 saturated carbocycles. The highest BCUT2D eigenvalue weighted by Gasteiger charge is 2.38. The monoisotopic (exact) mass is 213 g/mol. The summed E-state index contributed by atoms with van der Waals surface area (Å²) in [6.07, 6.45) is 0.284. The molecule has 1 rings (SSSR count). The molecule has 0 radical (unpaired) electrons. The van der Waals surface area contributed by atoms with E-state index in [0.717, 1.165) is 0 Å². The van der Waals surface area contributed by atoms with E-state index in [2.05, 4.69) is 15.0 Å². The normalized spacial score (nSPS) is 13.7. The van der Waals surface area contributed by atoms with Gasteiger partial charge in [-0.1, -0.05) is 19.1 Å². The molecule has 0 spiro atoms. The second-order valence-corrected chi connectivity index (χ2v) is 3.89. The molecule has 6 nitrogen and oxygen atoms in total. The first kappa shape index (κ1) is 11.6. The van der Waals surface area contributed by atoms with E-state index in [9.17, 15) is 9.90 Å². The van der Waals surface area contributed by atoms with Crippen molar-refractivity contribution in [3.05, 3.63) is 11.9 Å². The van der Waals surface area contributed by atoms with Gasteiger partial charge >= 0.3 is 5.97 Å². The summed E-state index contributed by atoms with van der Waals surface area (Å²) in [4.78, 5) is 11.2. The number of aryl methyl sites for hydroxylation is 1. The average Bonchev–Trinajstić information content (AvgIpc) is 2.62. The predicted octanol–water partition coefficient (Wildman–Crippen LogP) is -0.373. The Kier molecular flexibility index (Phi) is 3.09. The van der Waals surface area contributed by atoms with Gasteiger partial charge in [0.1, 0.15) is 0 Å². The molecular formula is C9H15N3O3. The van der Waals surface area contributed by atoms with Gasteiger partial charge in [0.15, 0.2) is 6.10 Å². The second-order valence-electron chi connectivity index (χ2n) is 3.89. The van der Waals surface area contributed by atoms with Crippen LogP contribution in [0.25, 0.3) is 0 Å². The van der Waals surface area contributed by atoms with Crippen molar-refractivity contribution in [2.45, 2.75) is 25.4 Å². The Bertz CT molecular complexity index is 359. The maximum Gasteiger partial charge on any atom is 0.335 e. The number of aromatic nitrogens is 3. The fraction of sp³-hybridized carbons (Fsp3) is 0.667. The number of aliphatic hydroxyl groups is 1. The molecule has 0 aliphatic carbocycles. The molecule has 6 heteroatoms. The summed E-state index contributed by atoms with van der Waals surface area (Å²) in [5.41, 5.74) is -0.119. The number of carbonyl (C=O) groups is 1. The Balaban J connectivity index is 3.02. The highest BCUT2D eigenvalue weighted by Crippen LogP contribution is 2.26. The third-order valence-electron chi connectivity index (χ3n) is 2.48. The van der Waals surface area contributed by atoms with E-state index in [1.54, 1.807) is 20.9 Å². The van der Waals surface area contributed by atoms with Crippen LogP contribution < -0.4 is 0 Å². The van der Waals surface area contributed by atoms with Gasteiger partial charge in [0.25, 0.3) is 0 Å². The zero-order chi connectivity index (χ0) is 11.6. The first-order valence-electron chi connectivity index (χ1n) is 4.52. The molecule has 1 aromatic rings. The summed E-state index contributed by atoms with van der Waals surface area (Å²) in [5, 5.41) is 17.3. The Morgan fingerprint density at radius 1 is 1.67 bits per heavy atom. The van der Waals surface area contributed by atoms with Crippen LogP contribution in [0.15, 0.2) is 6.20 Å². The summed E-state index contributed by atoms with van der Waals surface area (Å²) in [6, 6.07) is 0. The zero-order valence-electron chi connectivity index (χ0n) is 9.26. The van der Waals surface area contributed by atoms with E-state index < -0.39 is 17.5 Å². The van der Waals surface area contributed by atoms with Crippen molar-refractivity contribution in [2.24, 2.45) is 7.05 Å². The number of methoxy groups -OCH3 is 1. The average molecular weight is 213 g/mol. The van der Waals surface area contributed by atoms with Crippen LogP contribution in [0.3, 0.4) is 0 Å². The molecule has 1 atom stereocenters. The highest BCUT2D eigenvalue weighted by molar-refractivity contribution is 5.76. The van der Waals surface area contributed by atoms with Crippen molar-refractivity contribution in [2.75, 3.05) is 7.11 Å². The number of rotatable bonds is 3. The fourth-order valence-electron chi connectivity index (χ4n) is 1.42. The molecule has 0 fully saturated rings. The van der Waals surface area contributed by atoms with Gasteiger partial charge in [-0.3, -0.25) is 4.68 Å². The van der Waals surface area contributed by atoms with Gasteiger partial charge in [-0.25, -0.2) is 4.79 Å². The Morgan fingerprint density at radius 2 is 2.27 bits per heavy atom. The van der Waals surface area contributed by atoms with E-state index >= 15 is 0 Å². The summed E-state index contributed by atoms with van der Waals surface area (Å²) in [6.45, 7) is 3.46. The summed E-state index contributed by atoms with van der Waals surface area (Å²) in [7, 11) is 2.94. The molecule has 1 N–H and O–H groups in total. The molecule has 84 valence electrons. The number of hydrogen-bond acceptors (Lipinski definition) is 5. The van der Waals surface area contributed by atoms with Crippen molar-refractivity contribution in [3.8, 4) is 0 Å². The third-order valence-corrected chi connectivity index (χ3v) is 2.48. The number of hydrogen-bond donors (Lipinski definition) is 1. The maximum absolute atomic E-state index is 11.2. The minimum absolute atomic E-state index is 0.666. The summed E-state index contributed by atoms with van der Waals surface area (Å²) < 4.78 is 6.02. The smallest absolute Gasteiger partial charge is 0.335 e. The topological polar surface area (TPSA) is 77.2 Å². The zero-order valence-corrected chi connectivity index (χ0v) is 9.26. The molecule has 0 aliphatic rings. The van der Waals surface area contributed by atoms with Gasteiger partial charge in [0.05, 0.1) is 19.0 Å². The van der Waals surface area contributed by atoms with E-state index in [4.69, 9.17) is 0 Å². The van der Waals surface area contributed by atoms with Crippen LogP contribution in [0, 0.1) is 0 Å². The van der Waals surface area contributed by atoms with Gasteiger partial charge in [-0.2, -0.15) is 0 Å². The van der Waals surface area contributed by atoms with Crippen LogP contribution >= 0.6 is 0 Å². The summed E-state index contributed by atoms with van der Waals surface area (Å²) in [5.74, 6) is -0.666. The molecule has 0 amide bonds. The summed E-state index contributed by atoms with van der Waals surface area (Å²) >= 11 is 0. The van der Waals surface area contributed by atoms with Gasteiger partial charge in [-0.05, 0) is 0 Å². The lowest BCUT2D eigenvalue weighted by atomic mass is 9.83. The van der Waals surface area contributed by atoms with Crippen LogP contribution in [0.4, 0.5) is 0 Å². The van der Waals surface area contributed by atoms with Crippen LogP contribution in [-0.2, 0) is 22.0 Å². The number of nitrogens with zero attached hydrogens (tertiary/aromatic N) is 3. The molecule has 1 unspecified atom stereocenters. The molecule has 1 heterocycles. The number of carbonyl (C=O) groups excluding carboxylic acids is 1. The Morgan fingerprint density at radius 3 is 2.67 bits per heavy atom. The molecule has 15 heavy (non-hydrogen) atoms. The number of ether oxygens (including phenoxy) is 1. The standard InChI is InChI=1S/C9H15N3O3/c1-9(2,7(13)8(14)15-4)6-5-10-11-12(6)3/h5,7,13H,1-4H3. The quantitative estimate of drug-likeness (QED) is 0.693. The van der Waals surface area contributed by atoms with Crippen LogP contribution in [-0.4, -0.2) is 39.3 Å². The van der Waals surface area contributed by atoms with Crippen molar-refractivity contribution < 1.29 is 14.6 Å². The van der Waals surface area contributed by atoms with E-state index in [1.165, 1.54) is 18.0 Å². The number of esters is 1. The molecule has 0 aliphatic heterocycles. The van der Waals surface area contributed by atoms with Gasteiger partial charge < -0.3 is 9.84 Å². The van der Waals surface area contributed by atoms with Crippen molar-refractivity contribution in [3.63, 3.8) is 0 Å². The van der Waals surface area contributed by atoms with Gasteiger partial charge in [-0.15, -0.1) is 5.10 Å². The molecule has 0 aromatic carbocycles. The second kappa shape index (κ2) is 3.98. The number of aliphatic hydroxyl groups excluding tert-OH is 1. The van der Waals surface area contributed by atoms with E-state index in [-0.39, 0.29) is 0 Å². The largest absolute Gasteiger partial charge is 0.467 e. The van der Waals surface area contributed by atoms with Gasteiger partial charge in [0.2, 0.25) is 0 Å². The van der Waals surface area contributed by atoms with Crippen LogP contribution in [0.1, 0.15) is 19.5 Å². The van der Waals surface area contributed by atoms with Crippen molar-refractivity contribution in [1.29, 1.82) is 0 Å². The van der Waals surface area contributed by atoms with Gasteiger partial charge in [0, 0.05) is 12.5 Å². The SMILES string of the molecule is COC(=O)C(O)C(C)(C)c1cnnn1C. The predicted molar refractivity (Wildman–Crippen MR) is 52.1 cm³/mol. The molecule has 0 bridgehead atoms.